The van der Waals surface area contributed by atoms with Crippen molar-refractivity contribution in [3.63, 3.8) is 0 Å². The predicted octanol–water partition coefficient (Wildman–Crippen LogP) is 7.67. The molecule has 17 nitrogen and oxygen atoms in total. The van der Waals surface area contributed by atoms with Gasteiger partial charge in [0.1, 0.15) is 23.4 Å². The number of hydrogen-bond acceptors (Lipinski definition) is 10. The minimum absolute atomic E-state index is 0.127. The SMILES string of the molecule is Cc1ccc(C(=O)N2CCC(CCCC(=O)N3C[C@@H]4C[C@@H]3C(=O)NCCCCC/C=C/c3cnc(N)c5c(-c6ccc(C(=O)Nc7cc(C(F)(F)F)ccn7)cc6)nn4c35)CC2)cc1N1CCC(=O)NC1=O. The molecule has 20 heteroatoms. The lowest BCUT2D eigenvalue weighted by atomic mass is 9.91. The van der Waals surface area contributed by atoms with Gasteiger partial charge < -0.3 is 26.2 Å². The van der Waals surface area contributed by atoms with Crippen molar-refractivity contribution in [1.29, 1.82) is 0 Å². The molecule has 3 aromatic heterocycles. The maximum Gasteiger partial charge on any atom is 0.416 e. The van der Waals surface area contributed by atoms with Gasteiger partial charge in [0.15, 0.2) is 0 Å². The van der Waals surface area contributed by atoms with E-state index in [-0.39, 0.29) is 66.8 Å². The Morgan fingerprint density at radius 3 is 2.47 bits per heavy atom. The second-order valence-corrected chi connectivity index (χ2v) is 19.0. The van der Waals surface area contributed by atoms with Crippen LogP contribution < -0.4 is 26.6 Å². The Hall–Kier alpha value is -7.64. The summed E-state index contributed by atoms with van der Waals surface area (Å²) in [5.41, 5.74) is 10.2. The molecule has 5 aromatic rings. The number of benzene rings is 2. The highest BCUT2D eigenvalue weighted by Crippen LogP contribution is 2.39. The van der Waals surface area contributed by atoms with Gasteiger partial charge >= 0.3 is 12.2 Å². The van der Waals surface area contributed by atoms with E-state index in [1.54, 1.807) is 35.4 Å². The number of urea groups is 1. The first-order chi connectivity index (χ1) is 34.6. The van der Waals surface area contributed by atoms with E-state index in [9.17, 15) is 41.9 Å². The topological polar surface area (TPSA) is 218 Å². The molecule has 5 N–H and O–H groups in total. The molecule has 0 aliphatic carbocycles. The van der Waals surface area contributed by atoms with Gasteiger partial charge in [-0.15, -0.1) is 0 Å². The third kappa shape index (κ3) is 10.7. The van der Waals surface area contributed by atoms with E-state index in [1.165, 1.54) is 17.0 Å². The highest BCUT2D eigenvalue weighted by Gasteiger charge is 2.42. The fourth-order valence-corrected chi connectivity index (χ4v) is 10.2. The number of aryl methyl sites for hydroxylation is 1. The van der Waals surface area contributed by atoms with Crippen LogP contribution in [-0.2, 0) is 20.6 Å². The Balaban J connectivity index is 0.891. The number of pyridine rings is 2. The Kier molecular flexibility index (Phi) is 14.4. The van der Waals surface area contributed by atoms with Crippen molar-refractivity contribution in [3.05, 3.63) is 101 Å². The number of aromatic nitrogens is 4. The molecule has 2 aromatic carbocycles. The number of likely N-dealkylation sites (tertiary alicyclic amines) is 2. The summed E-state index contributed by atoms with van der Waals surface area (Å²) in [4.78, 5) is 92.8. The summed E-state index contributed by atoms with van der Waals surface area (Å²) >= 11 is 0. The fourth-order valence-electron chi connectivity index (χ4n) is 10.2. The van der Waals surface area contributed by atoms with Crippen molar-refractivity contribution < 1.29 is 41.9 Å². The lowest BCUT2D eigenvalue weighted by Crippen LogP contribution is -2.49. The number of hydrogen-bond donors (Lipinski definition) is 4. The van der Waals surface area contributed by atoms with E-state index >= 15 is 0 Å². The molecule has 0 spiro atoms. The van der Waals surface area contributed by atoms with Gasteiger partial charge in [0.2, 0.25) is 17.7 Å². The first-order valence-electron chi connectivity index (χ1n) is 24.5. The molecule has 4 aliphatic heterocycles. The summed E-state index contributed by atoms with van der Waals surface area (Å²) in [6.45, 7) is 3.89. The van der Waals surface area contributed by atoms with Gasteiger partial charge in [-0.2, -0.15) is 18.3 Å². The number of rotatable bonds is 9. The number of piperidine rings is 1. The molecule has 0 unspecified atom stereocenters. The van der Waals surface area contributed by atoms with Crippen LogP contribution in [0.5, 0.6) is 0 Å². The fraction of sp³-hybridized carbons (Fsp3) is 0.404. The number of carbonyl (C=O) groups is 6. The van der Waals surface area contributed by atoms with Crippen molar-refractivity contribution in [2.75, 3.05) is 48.7 Å². The zero-order chi connectivity index (χ0) is 50.7. The van der Waals surface area contributed by atoms with Crippen LogP contribution in [0.25, 0.3) is 28.2 Å². The molecular weight excluding hydrogens is 932 g/mol. The first-order valence-corrected chi connectivity index (χ1v) is 24.5. The monoisotopic (exact) mass is 987 g/mol. The number of halogens is 3. The molecule has 0 radical (unpaired) electrons. The van der Waals surface area contributed by atoms with Crippen molar-refractivity contribution in [2.45, 2.75) is 95.8 Å². The second-order valence-electron chi connectivity index (χ2n) is 19.0. The molecule has 2 atom stereocenters. The number of amides is 7. The smallest absolute Gasteiger partial charge is 0.383 e. The maximum atomic E-state index is 14.3. The number of nitrogens with one attached hydrogen (secondary N) is 3. The maximum absolute atomic E-state index is 14.3. The van der Waals surface area contributed by atoms with E-state index in [2.05, 4.69) is 32.0 Å². The van der Waals surface area contributed by atoms with Crippen LogP contribution in [0.15, 0.2) is 73.1 Å². The largest absolute Gasteiger partial charge is 0.416 e. The molecule has 0 saturated carbocycles. The van der Waals surface area contributed by atoms with Crippen LogP contribution in [0.3, 0.4) is 0 Å². The number of fused-ring (bicyclic) bond motifs is 3. The van der Waals surface area contributed by atoms with Crippen LogP contribution in [0.4, 0.5) is 35.3 Å². The third-order valence-electron chi connectivity index (χ3n) is 14.1. The van der Waals surface area contributed by atoms with Crippen LogP contribution in [0.2, 0.25) is 0 Å². The summed E-state index contributed by atoms with van der Waals surface area (Å²) < 4.78 is 41.8. The first kappa shape index (κ1) is 49.3. The number of allylic oxidation sites excluding steroid dienone is 1. The summed E-state index contributed by atoms with van der Waals surface area (Å²) in [7, 11) is 0. The van der Waals surface area contributed by atoms with Crippen molar-refractivity contribution in [1.82, 2.24) is 40.2 Å². The van der Waals surface area contributed by atoms with E-state index in [0.717, 1.165) is 74.4 Å². The zero-order valence-corrected chi connectivity index (χ0v) is 39.8. The molecule has 72 heavy (non-hydrogen) atoms. The Morgan fingerprint density at radius 2 is 1.71 bits per heavy atom. The summed E-state index contributed by atoms with van der Waals surface area (Å²) in [5, 5.41) is 13.5. The summed E-state index contributed by atoms with van der Waals surface area (Å²) in [6.07, 6.45) is 9.12. The molecule has 2 bridgehead atoms. The second kappa shape index (κ2) is 21.0. The highest BCUT2D eigenvalue weighted by molar-refractivity contribution is 6.07. The van der Waals surface area contributed by atoms with E-state index in [4.69, 9.17) is 10.8 Å². The van der Waals surface area contributed by atoms with Gasteiger partial charge in [0.05, 0.1) is 22.5 Å². The standard InChI is InChI=1S/C52H56F3N11O6/c1-31-11-12-35(26-39(31)64-25-20-42(67)61-51(64)72)50(71)63-23-18-32(19-24-63)8-7-10-43(68)65-30-38-28-40(65)49(70)58-21-6-4-2-3-5-9-36-29-59-47(56)44-45(62-66(38)46(36)44)33-13-15-34(16-14-33)48(69)60-41-27-37(17-22-57-41)52(53,54)55/h5,9,11-17,22,26-27,29,32,38,40H,2-4,6-8,10,18-21,23-25,28,30H2,1H3,(H2,56,59)(H,58,70)(H,57,60,69)(H,61,67,72)/b9-5+/t38-,40+/m0/s1. The van der Waals surface area contributed by atoms with Gasteiger partial charge in [0.25, 0.3) is 11.8 Å². The Bertz CT molecular complexity index is 2950. The number of nitrogens with zero attached hydrogens (tertiary/aromatic N) is 7. The van der Waals surface area contributed by atoms with E-state index in [1.807, 2.05) is 28.6 Å². The predicted molar refractivity (Wildman–Crippen MR) is 263 cm³/mol. The number of nitrogens with two attached hydrogens (primary N) is 1. The van der Waals surface area contributed by atoms with Gasteiger partial charge in [-0.3, -0.25) is 38.9 Å². The Morgan fingerprint density at radius 1 is 0.931 bits per heavy atom. The van der Waals surface area contributed by atoms with Crippen LogP contribution in [0.1, 0.15) is 114 Å². The van der Waals surface area contributed by atoms with Crippen molar-refractivity contribution >= 4 is 69.9 Å². The van der Waals surface area contributed by atoms with Gasteiger partial charge in [-0.05, 0) is 99.7 Å². The van der Waals surface area contributed by atoms with Gasteiger partial charge in [-0.25, -0.2) is 14.8 Å². The van der Waals surface area contributed by atoms with Gasteiger partial charge in [-0.1, -0.05) is 36.8 Å². The molecule has 3 saturated heterocycles. The minimum Gasteiger partial charge on any atom is -0.383 e. The normalized spacial score (nSPS) is 19.6. The summed E-state index contributed by atoms with van der Waals surface area (Å²) in [6, 6.07) is 11.6. The highest BCUT2D eigenvalue weighted by atomic mass is 19.4. The molecule has 4 aliphatic rings. The molecule has 7 amide bonds. The number of carbonyl (C=O) groups excluding carboxylic acids is 6. The molecule has 3 fully saturated rings. The lowest BCUT2D eigenvalue weighted by molar-refractivity contribution is -0.138. The zero-order valence-electron chi connectivity index (χ0n) is 39.8. The third-order valence-corrected chi connectivity index (χ3v) is 14.1. The van der Waals surface area contributed by atoms with E-state index in [0.29, 0.717) is 71.8 Å². The average Bonchev–Trinajstić information content (AvgIpc) is 4.00. The lowest BCUT2D eigenvalue weighted by Gasteiger charge is -2.33. The quantitative estimate of drug-likeness (QED) is 0.113. The van der Waals surface area contributed by atoms with Gasteiger partial charge in [0, 0.05) is 92.3 Å². The number of nitrogen functional groups attached to an aromatic ring is 1. The molecule has 376 valence electrons. The van der Waals surface area contributed by atoms with Crippen LogP contribution in [0, 0.1) is 12.8 Å². The number of imide groups is 1. The van der Waals surface area contributed by atoms with E-state index < -0.39 is 35.8 Å². The van der Waals surface area contributed by atoms with Crippen molar-refractivity contribution in [2.24, 2.45) is 5.92 Å². The Labute approximate surface area is 413 Å². The molecule has 7 heterocycles. The summed E-state index contributed by atoms with van der Waals surface area (Å²) in [5.74, 6) is -1.22. The minimum atomic E-state index is -4.61. The van der Waals surface area contributed by atoms with Crippen molar-refractivity contribution in [3.8, 4) is 11.3 Å². The van der Waals surface area contributed by atoms with Crippen LogP contribution >= 0.6 is 0 Å². The van der Waals surface area contributed by atoms with Crippen LogP contribution in [-0.4, -0.2) is 104 Å². The number of anilines is 3. The molecular formula is C52H56F3N11O6. The number of alkyl halides is 3. The molecule has 9 rings (SSSR count). The average molecular weight is 988 g/mol.